The van der Waals surface area contributed by atoms with Gasteiger partial charge < -0.3 is 5.11 Å². The van der Waals surface area contributed by atoms with E-state index in [1.165, 1.54) is 37.8 Å². The van der Waals surface area contributed by atoms with Crippen molar-refractivity contribution in [3.63, 3.8) is 0 Å². The van der Waals surface area contributed by atoms with Gasteiger partial charge in [-0.3, -0.25) is 0 Å². The van der Waals surface area contributed by atoms with E-state index in [2.05, 4.69) is 34.7 Å². The lowest BCUT2D eigenvalue weighted by Gasteiger charge is -2.22. The molecule has 126 valence electrons. The van der Waals surface area contributed by atoms with Gasteiger partial charge in [0.05, 0.1) is 0 Å². The Labute approximate surface area is 154 Å². The molecule has 1 saturated carbocycles. The lowest BCUT2D eigenvalue weighted by atomic mass is 9.88. The SMILES string of the molecule is Oc1ccc(-c2ccc(C=CC3CCC(I)CC3)cc2)c(F)c1F. The van der Waals surface area contributed by atoms with Gasteiger partial charge in [0.2, 0.25) is 5.82 Å². The van der Waals surface area contributed by atoms with Crippen LogP contribution in [0.4, 0.5) is 8.78 Å². The molecule has 0 aromatic heterocycles. The number of phenols is 1. The maximum absolute atomic E-state index is 13.9. The number of hydrogen-bond acceptors (Lipinski definition) is 1. The Bertz CT molecular complexity index is 732. The van der Waals surface area contributed by atoms with Gasteiger partial charge in [0, 0.05) is 9.49 Å². The van der Waals surface area contributed by atoms with Crippen LogP contribution in [0, 0.1) is 17.6 Å². The lowest BCUT2D eigenvalue weighted by Crippen LogP contribution is -2.11. The molecule has 0 bridgehead atoms. The van der Waals surface area contributed by atoms with E-state index in [1.807, 2.05) is 12.1 Å². The molecule has 1 aliphatic carbocycles. The Kier molecular flexibility index (Phi) is 5.54. The molecule has 24 heavy (non-hydrogen) atoms. The molecule has 1 fully saturated rings. The highest BCUT2D eigenvalue weighted by Crippen LogP contribution is 2.31. The molecule has 0 radical (unpaired) electrons. The summed E-state index contributed by atoms with van der Waals surface area (Å²) < 4.78 is 28.2. The standard InChI is InChI=1S/C20H19F2IO/c21-19-17(11-12-18(24)20(19)22)15-7-3-13(4-8-15)1-2-14-5-9-16(23)10-6-14/h1-4,7-8,11-12,14,16,24H,5-6,9-10H2. The molecule has 2 aromatic rings. The van der Waals surface area contributed by atoms with Gasteiger partial charge in [-0.05, 0) is 54.9 Å². The van der Waals surface area contributed by atoms with Crippen LogP contribution in [0.15, 0.2) is 42.5 Å². The fourth-order valence-corrected chi connectivity index (χ4v) is 3.77. The fraction of sp³-hybridized carbons (Fsp3) is 0.300. The Hall–Kier alpha value is -1.43. The largest absolute Gasteiger partial charge is 0.505 e. The zero-order valence-corrected chi connectivity index (χ0v) is 15.3. The van der Waals surface area contributed by atoms with Crippen molar-refractivity contribution < 1.29 is 13.9 Å². The van der Waals surface area contributed by atoms with Gasteiger partial charge >= 0.3 is 0 Å². The van der Waals surface area contributed by atoms with Crippen LogP contribution in [0.25, 0.3) is 17.2 Å². The number of allylic oxidation sites excluding steroid dienone is 1. The minimum atomic E-state index is -1.21. The topological polar surface area (TPSA) is 20.2 Å². The maximum atomic E-state index is 13.9. The Morgan fingerprint density at radius 2 is 1.58 bits per heavy atom. The first-order valence-corrected chi connectivity index (χ1v) is 9.39. The van der Waals surface area contributed by atoms with Crippen molar-refractivity contribution in [3.8, 4) is 16.9 Å². The van der Waals surface area contributed by atoms with Crippen molar-refractivity contribution >= 4 is 28.7 Å². The first kappa shape index (κ1) is 17.4. The van der Waals surface area contributed by atoms with Crippen LogP contribution >= 0.6 is 22.6 Å². The predicted octanol–water partition coefficient (Wildman–Crippen LogP) is 6.34. The summed E-state index contributed by atoms with van der Waals surface area (Å²) in [5.41, 5.74) is 1.80. The number of alkyl halides is 1. The monoisotopic (exact) mass is 440 g/mol. The van der Waals surface area contributed by atoms with E-state index < -0.39 is 17.4 Å². The predicted molar refractivity (Wildman–Crippen MR) is 102 cm³/mol. The Balaban J connectivity index is 1.73. The van der Waals surface area contributed by atoms with Gasteiger partial charge in [0.25, 0.3) is 0 Å². The summed E-state index contributed by atoms with van der Waals surface area (Å²) in [6, 6.07) is 9.92. The molecule has 0 saturated heterocycles. The second kappa shape index (κ2) is 7.64. The normalized spacial score (nSPS) is 21.3. The average molecular weight is 440 g/mol. The van der Waals surface area contributed by atoms with Crippen molar-refractivity contribution in [2.24, 2.45) is 5.92 Å². The van der Waals surface area contributed by atoms with E-state index in [4.69, 9.17) is 0 Å². The third-order valence-corrected chi connectivity index (χ3v) is 5.79. The number of halogens is 3. The zero-order chi connectivity index (χ0) is 17.1. The summed E-state index contributed by atoms with van der Waals surface area (Å²) in [6.07, 6.45) is 9.40. The molecule has 0 amide bonds. The molecule has 1 N–H and O–H groups in total. The minimum Gasteiger partial charge on any atom is -0.505 e. The van der Waals surface area contributed by atoms with E-state index in [-0.39, 0.29) is 5.56 Å². The fourth-order valence-electron chi connectivity index (χ4n) is 3.05. The third-order valence-electron chi connectivity index (χ3n) is 4.55. The van der Waals surface area contributed by atoms with Crippen LogP contribution in [-0.4, -0.2) is 9.03 Å². The summed E-state index contributed by atoms with van der Waals surface area (Å²) in [4.78, 5) is 0. The van der Waals surface area contributed by atoms with Crippen molar-refractivity contribution in [1.82, 2.24) is 0 Å². The van der Waals surface area contributed by atoms with Gasteiger partial charge in [0.1, 0.15) is 0 Å². The molecule has 2 aromatic carbocycles. The summed E-state index contributed by atoms with van der Waals surface area (Å²) in [5.74, 6) is -2.26. The van der Waals surface area contributed by atoms with Gasteiger partial charge in [-0.2, -0.15) is 4.39 Å². The highest BCUT2D eigenvalue weighted by atomic mass is 127. The number of benzene rings is 2. The Morgan fingerprint density at radius 1 is 0.917 bits per heavy atom. The van der Waals surface area contributed by atoms with Crippen LogP contribution in [0.3, 0.4) is 0 Å². The van der Waals surface area contributed by atoms with E-state index in [0.29, 0.717) is 11.5 Å². The van der Waals surface area contributed by atoms with Crippen LogP contribution in [0.2, 0.25) is 0 Å². The number of hydrogen-bond donors (Lipinski definition) is 1. The first-order chi connectivity index (χ1) is 11.5. The smallest absolute Gasteiger partial charge is 0.200 e. The van der Waals surface area contributed by atoms with Gasteiger partial charge in [-0.25, -0.2) is 4.39 Å². The molecule has 0 unspecified atom stereocenters. The quantitative estimate of drug-likeness (QED) is 0.436. The average Bonchev–Trinajstić information content (AvgIpc) is 2.60. The summed E-state index contributed by atoms with van der Waals surface area (Å²) >= 11 is 2.53. The molecule has 0 spiro atoms. The van der Waals surface area contributed by atoms with Crippen molar-refractivity contribution in [1.29, 1.82) is 0 Å². The molecule has 4 heteroatoms. The van der Waals surface area contributed by atoms with E-state index in [0.717, 1.165) is 9.49 Å². The van der Waals surface area contributed by atoms with Gasteiger partial charge in [0.15, 0.2) is 11.6 Å². The Morgan fingerprint density at radius 3 is 2.25 bits per heavy atom. The number of aromatic hydroxyl groups is 1. The summed E-state index contributed by atoms with van der Waals surface area (Å²) in [7, 11) is 0. The second-order valence-corrected chi connectivity index (χ2v) is 8.01. The second-order valence-electron chi connectivity index (χ2n) is 6.25. The van der Waals surface area contributed by atoms with Crippen LogP contribution in [0.5, 0.6) is 5.75 Å². The van der Waals surface area contributed by atoms with E-state index in [1.54, 1.807) is 12.1 Å². The van der Waals surface area contributed by atoms with E-state index in [9.17, 15) is 13.9 Å². The van der Waals surface area contributed by atoms with E-state index >= 15 is 0 Å². The van der Waals surface area contributed by atoms with Gasteiger partial charge in [-0.15, -0.1) is 0 Å². The van der Waals surface area contributed by atoms with Gasteiger partial charge in [-0.1, -0.05) is 59.0 Å². The molecular weight excluding hydrogens is 421 g/mol. The van der Waals surface area contributed by atoms with Crippen molar-refractivity contribution in [3.05, 3.63) is 59.7 Å². The maximum Gasteiger partial charge on any atom is 0.200 e. The van der Waals surface area contributed by atoms with Crippen LogP contribution in [0.1, 0.15) is 31.2 Å². The number of rotatable bonds is 3. The molecule has 1 aliphatic rings. The van der Waals surface area contributed by atoms with Crippen molar-refractivity contribution in [2.45, 2.75) is 29.6 Å². The third kappa shape index (κ3) is 3.97. The molecular formula is C20H19F2IO. The highest BCUT2D eigenvalue weighted by Gasteiger charge is 2.17. The van der Waals surface area contributed by atoms with Crippen LogP contribution in [-0.2, 0) is 0 Å². The molecule has 0 heterocycles. The summed E-state index contributed by atoms with van der Waals surface area (Å²) in [6.45, 7) is 0. The first-order valence-electron chi connectivity index (χ1n) is 8.14. The summed E-state index contributed by atoms with van der Waals surface area (Å²) in [5, 5.41) is 9.20. The molecule has 3 rings (SSSR count). The molecule has 1 nitrogen and oxygen atoms in total. The molecule has 0 atom stereocenters. The number of phenolic OH excluding ortho intramolecular Hbond substituents is 1. The zero-order valence-electron chi connectivity index (χ0n) is 13.2. The lowest BCUT2D eigenvalue weighted by molar-refractivity contribution is 0.408. The highest BCUT2D eigenvalue weighted by molar-refractivity contribution is 14.1. The van der Waals surface area contributed by atoms with Crippen molar-refractivity contribution in [2.75, 3.05) is 0 Å². The minimum absolute atomic E-state index is 0.154. The van der Waals surface area contributed by atoms with Crippen LogP contribution < -0.4 is 0 Å². The molecule has 0 aliphatic heterocycles.